The Morgan fingerprint density at radius 2 is 0.947 bits per heavy atom. The Morgan fingerprint density at radius 1 is 0.579 bits per heavy atom. The van der Waals surface area contributed by atoms with E-state index in [2.05, 4.69) is 13.8 Å². The van der Waals surface area contributed by atoms with E-state index in [9.17, 15) is 0 Å². The molecule has 0 bridgehead atoms. The molecular formula is C18H39N. The molecule has 0 aromatic rings. The molecule has 1 heteroatoms. The molecule has 1 unspecified atom stereocenters. The van der Waals surface area contributed by atoms with Crippen LogP contribution in [0.5, 0.6) is 0 Å². The van der Waals surface area contributed by atoms with Crippen LogP contribution in [0.3, 0.4) is 0 Å². The molecule has 0 fully saturated rings. The fourth-order valence-electron chi connectivity index (χ4n) is 2.81. The summed E-state index contributed by atoms with van der Waals surface area (Å²) in [6.45, 7) is 5.47. The van der Waals surface area contributed by atoms with E-state index < -0.39 is 0 Å². The summed E-state index contributed by atoms with van der Waals surface area (Å²) in [7, 11) is 0. The smallest absolute Gasteiger partial charge is 0.00489 e. The summed E-state index contributed by atoms with van der Waals surface area (Å²) in [6.07, 6.45) is 19.7. The normalized spacial score (nSPS) is 12.8. The molecule has 19 heavy (non-hydrogen) atoms. The van der Waals surface area contributed by atoms with Crippen molar-refractivity contribution in [3.8, 4) is 0 Å². The third-order valence-electron chi connectivity index (χ3n) is 4.27. The molecule has 0 aliphatic rings. The first-order valence-electron chi connectivity index (χ1n) is 9.05. The van der Waals surface area contributed by atoms with Gasteiger partial charge in [-0.1, -0.05) is 90.9 Å². The van der Waals surface area contributed by atoms with Crippen LogP contribution in [-0.4, -0.2) is 6.54 Å². The fourth-order valence-corrected chi connectivity index (χ4v) is 2.81. The van der Waals surface area contributed by atoms with Crippen LogP contribution in [0.15, 0.2) is 0 Å². The van der Waals surface area contributed by atoms with E-state index in [4.69, 9.17) is 5.73 Å². The van der Waals surface area contributed by atoms with Crippen molar-refractivity contribution in [1.29, 1.82) is 0 Å². The Kier molecular flexibility index (Phi) is 16.0. The van der Waals surface area contributed by atoms with Crippen molar-refractivity contribution in [1.82, 2.24) is 0 Å². The lowest BCUT2D eigenvalue weighted by Crippen LogP contribution is -2.14. The second kappa shape index (κ2) is 16.0. The molecule has 0 aliphatic heterocycles. The van der Waals surface area contributed by atoms with Crippen LogP contribution in [0.1, 0.15) is 104 Å². The quantitative estimate of drug-likeness (QED) is 0.359. The van der Waals surface area contributed by atoms with Crippen LogP contribution in [0.4, 0.5) is 0 Å². The molecule has 2 N–H and O–H groups in total. The van der Waals surface area contributed by atoms with Gasteiger partial charge in [0, 0.05) is 0 Å². The summed E-state index contributed by atoms with van der Waals surface area (Å²) in [5, 5.41) is 0. The van der Waals surface area contributed by atoms with Gasteiger partial charge in [-0.05, 0) is 25.3 Å². The zero-order chi connectivity index (χ0) is 14.2. The maximum Gasteiger partial charge on any atom is -0.00489 e. The van der Waals surface area contributed by atoms with E-state index in [1.54, 1.807) is 0 Å². The molecule has 116 valence electrons. The Labute approximate surface area is 122 Å². The second-order valence-corrected chi connectivity index (χ2v) is 6.21. The molecule has 0 saturated heterocycles. The van der Waals surface area contributed by atoms with E-state index in [0.29, 0.717) is 0 Å². The first-order valence-corrected chi connectivity index (χ1v) is 9.05. The third kappa shape index (κ3) is 14.2. The Bertz CT molecular complexity index is 156. The highest BCUT2D eigenvalue weighted by Gasteiger charge is 2.05. The molecule has 0 heterocycles. The highest BCUT2D eigenvalue weighted by molar-refractivity contribution is 4.61. The van der Waals surface area contributed by atoms with Gasteiger partial charge < -0.3 is 5.73 Å². The summed E-state index contributed by atoms with van der Waals surface area (Å²) >= 11 is 0. The summed E-state index contributed by atoms with van der Waals surface area (Å²) < 4.78 is 0. The maximum absolute atomic E-state index is 5.88. The average Bonchev–Trinajstić information content (AvgIpc) is 2.44. The summed E-state index contributed by atoms with van der Waals surface area (Å²) in [5.41, 5.74) is 5.88. The predicted molar refractivity (Wildman–Crippen MR) is 88.5 cm³/mol. The van der Waals surface area contributed by atoms with E-state index in [-0.39, 0.29) is 0 Å². The molecule has 0 aromatic carbocycles. The van der Waals surface area contributed by atoms with Crippen molar-refractivity contribution >= 4 is 0 Å². The first kappa shape index (κ1) is 19.0. The molecule has 1 nitrogen and oxygen atoms in total. The van der Waals surface area contributed by atoms with Gasteiger partial charge in [0.25, 0.3) is 0 Å². The van der Waals surface area contributed by atoms with Crippen molar-refractivity contribution in [2.75, 3.05) is 6.54 Å². The molecule has 0 aliphatic carbocycles. The van der Waals surface area contributed by atoms with Crippen LogP contribution in [-0.2, 0) is 0 Å². The zero-order valence-electron chi connectivity index (χ0n) is 13.8. The number of unbranched alkanes of at least 4 members (excludes halogenated alkanes) is 10. The minimum Gasteiger partial charge on any atom is -0.330 e. The van der Waals surface area contributed by atoms with Gasteiger partial charge in [-0.15, -0.1) is 0 Å². The highest BCUT2D eigenvalue weighted by Crippen LogP contribution is 2.18. The standard InChI is InChI=1S/C18H39N/c1-3-5-7-9-10-11-12-14-16-18(17-19)15-13-8-6-4-2/h18H,3-17,19H2,1-2H3. The molecular weight excluding hydrogens is 230 g/mol. The number of hydrogen-bond acceptors (Lipinski definition) is 1. The summed E-state index contributed by atoms with van der Waals surface area (Å²) in [4.78, 5) is 0. The first-order chi connectivity index (χ1) is 9.35. The van der Waals surface area contributed by atoms with Gasteiger partial charge >= 0.3 is 0 Å². The number of hydrogen-bond donors (Lipinski definition) is 1. The van der Waals surface area contributed by atoms with Gasteiger partial charge in [-0.2, -0.15) is 0 Å². The van der Waals surface area contributed by atoms with Gasteiger partial charge in [0.15, 0.2) is 0 Å². The Morgan fingerprint density at radius 3 is 1.37 bits per heavy atom. The van der Waals surface area contributed by atoms with E-state index in [0.717, 1.165) is 12.5 Å². The average molecular weight is 270 g/mol. The fraction of sp³-hybridized carbons (Fsp3) is 1.00. The lowest BCUT2D eigenvalue weighted by molar-refractivity contribution is 0.412. The van der Waals surface area contributed by atoms with E-state index in [1.807, 2.05) is 0 Å². The highest BCUT2D eigenvalue weighted by atomic mass is 14.5. The van der Waals surface area contributed by atoms with Gasteiger partial charge in [-0.25, -0.2) is 0 Å². The van der Waals surface area contributed by atoms with Crippen LogP contribution in [0, 0.1) is 5.92 Å². The number of rotatable bonds is 15. The van der Waals surface area contributed by atoms with Gasteiger partial charge in [0.2, 0.25) is 0 Å². The Hall–Kier alpha value is -0.0400. The van der Waals surface area contributed by atoms with Crippen molar-refractivity contribution < 1.29 is 0 Å². The molecule has 0 saturated carbocycles. The minimum atomic E-state index is 0.803. The van der Waals surface area contributed by atoms with Crippen molar-refractivity contribution in [3.05, 3.63) is 0 Å². The van der Waals surface area contributed by atoms with Crippen LogP contribution in [0.25, 0.3) is 0 Å². The monoisotopic (exact) mass is 269 g/mol. The molecule has 0 spiro atoms. The van der Waals surface area contributed by atoms with Crippen molar-refractivity contribution in [3.63, 3.8) is 0 Å². The molecule has 0 radical (unpaired) electrons. The molecule has 0 amide bonds. The number of nitrogens with two attached hydrogens (primary N) is 1. The molecule has 0 rings (SSSR count). The SMILES string of the molecule is CCCCCCCCCCC(CN)CCCCCC. The van der Waals surface area contributed by atoms with E-state index in [1.165, 1.54) is 89.9 Å². The zero-order valence-corrected chi connectivity index (χ0v) is 13.8. The summed E-state index contributed by atoms with van der Waals surface area (Å²) in [5.74, 6) is 0.803. The lowest BCUT2D eigenvalue weighted by Gasteiger charge is -2.14. The van der Waals surface area contributed by atoms with Crippen molar-refractivity contribution in [2.24, 2.45) is 11.7 Å². The predicted octanol–water partition coefficient (Wildman–Crippen LogP) is 6.06. The Balaban J connectivity index is 3.26. The topological polar surface area (TPSA) is 26.0 Å². The lowest BCUT2D eigenvalue weighted by atomic mass is 9.94. The van der Waals surface area contributed by atoms with E-state index >= 15 is 0 Å². The van der Waals surface area contributed by atoms with Gasteiger partial charge in [-0.3, -0.25) is 0 Å². The van der Waals surface area contributed by atoms with Crippen LogP contribution < -0.4 is 5.73 Å². The van der Waals surface area contributed by atoms with Gasteiger partial charge in [0.1, 0.15) is 0 Å². The minimum absolute atomic E-state index is 0.803. The van der Waals surface area contributed by atoms with Crippen molar-refractivity contribution in [2.45, 2.75) is 104 Å². The summed E-state index contributed by atoms with van der Waals surface area (Å²) in [6, 6.07) is 0. The molecule has 1 atom stereocenters. The second-order valence-electron chi connectivity index (χ2n) is 6.21. The largest absolute Gasteiger partial charge is 0.330 e. The molecule has 0 aromatic heterocycles. The van der Waals surface area contributed by atoms with Crippen LogP contribution >= 0.6 is 0 Å². The third-order valence-corrected chi connectivity index (χ3v) is 4.27. The van der Waals surface area contributed by atoms with Gasteiger partial charge in [0.05, 0.1) is 0 Å². The van der Waals surface area contributed by atoms with Crippen LogP contribution in [0.2, 0.25) is 0 Å². The maximum atomic E-state index is 5.88.